The Hall–Kier alpha value is -1.76. The van der Waals surface area contributed by atoms with E-state index < -0.39 is 0 Å². The van der Waals surface area contributed by atoms with Gasteiger partial charge in [0.25, 0.3) is 11.8 Å². The molecule has 0 atom stereocenters. The van der Waals surface area contributed by atoms with Crippen LogP contribution in [0.1, 0.15) is 0 Å². The highest BCUT2D eigenvalue weighted by molar-refractivity contribution is 8.22. The molecule has 0 radical (unpaired) electrons. The van der Waals surface area contributed by atoms with Crippen LogP contribution in [-0.2, 0) is 9.59 Å². The summed E-state index contributed by atoms with van der Waals surface area (Å²) >= 11 is 12.8. The maximum atomic E-state index is 12.0. The number of carbonyl (C=O) groups is 2. The van der Waals surface area contributed by atoms with Crippen LogP contribution in [-0.4, -0.2) is 70.3 Å². The standard InChI is InChI=1S/C16H22N4O4S4/c1-19(15(25)27-3)17-13(21)9-23-11-7-5-6-8-12(11)24-10-14(22)18-20(2)16(26)28-4/h5-8H,9-10H2,1-4H3,(H,17,21)(H,18,22). The van der Waals surface area contributed by atoms with Gasteiger partial charge in [-0.1, -0.05) is 60.1 Å². The number of amides is 2. The van der Waals surface area contributed by atoms with E-state index in [4.69, 9.17) is 33.9 Å². The summed E-state index contributed by atoms with van der Waals surface area (Å²) in [5, 5.41) is 2.88. The van der Waals surface area contributed by atoms with Crippen molar-refractivity contribution in [3.05, 3.63) is 24.3 Å². The number of hydrogen-bond donors (Lipinski definition) is 2. The van der Waals surface area contributed by atoms with E-state index in [0.717, 1.165) is 0 Å². The second kappa shape index (κ2) is 12.6. The Labute approximate surface area is 183 Å². The van der Waals surface area contributed by atoms with Crippen molar-refractivity contribution in [1.82, 2.24) is 20.9 Å². The van der Waals surface area contributed by atoms with E-state index in [9.17, 15) is 9.59 Å². The third-order valence-corrected chi connectivity index (χ3v) is 5.84. The summed E-state index contributed by atoms with van der Waals surface area (Å²) in [5.74, 6) is -0.0700. The molecule has 0 aliphatic heterocycles. The maximum Gasteiger partial charge on any atom is 0.276 e. The number of thioether (sulfide) groups is 2. The molecule has 0 aromatic heterocycles. The van der Waals surface area contributed by atoms with Gasteiger partial charge in [0.1, 0.15) is 0 Å². The first-order chi connectivity index (χ1) is 13.3. The third-order valence-electron chi connectivity index (χ3n) is 3.05. The Morgan fingerprint density at radius 3 is 1.57 bits per heavy atom. The van der Waals surface area contributed by atoms with Gasteiger partial charge < -0.3 is 9.47 Å². The molecule has 2 N–H and O–H groups in total. The van der Waals surface area contributed by atoms with Gasteiger partial charge in [0.2, 0.25) is 0 Å². The molecule has 2 amide bonds. The van der Waals surface area contributed by atoms with E-state index in [0.29, 0.717) is 20.1 Å². The van der Waals surface area contributed by atoms with Gasteiger partial charge in [-0.25, -0.2) is 0 Å². The van der Waals surface area contributed by atoms with Crippen LogP contribution in [0, 0.1) is 0 Å². The predicted molar refractivity (Wildman–Crippen MR) is 121 cm³/mol. The van der Waals surface area contributed by atoms with Crippen LogP contribution in [0.25, 0.3) is 0 Å². The fraction of sp³-hybridized carbons (Fsp3) is 0.375. The largest absolute Gasteiger partial charge is 0.480 e. The highest BCUT2D eigenvalue weighted by Gasteiger charge is 2.13. The van der Waals surface area contributed by atoms with Crippen LogP contribution >= 0.6 is 48.0 Å². The lowest BCUT2D eigenvalue weighted by Crippen LogP contribution is -2.43. The number of hydrazine groups is 2. The molecule has 0 unspecified atom stereocenters. The van der Waals surface area contributed by atoms with Crippen molar-refractivity contribution in [3.8, 4) is 11.5 Å². The van der Waals surface area contributed by atoms with Crippen molar-refractivity contribution < 1.29 is 19.1 Å². The fourth-order valence-corrected chi connectivity index (χ4v) is 2.51. The number of ether oxygens (including phenoxy) is 2. The molecule has 28 heavy (non-hydrogen) atoms. The van der Waals surface area contributed by atoms with Gasteiger partial charge in [-0.05, 0) is 24.6 Å². The monoisotopic (exact) mass is 462 g/mol. The quantitative estimate of drug-likeness (QED) is 0.481. The van der Waals surface area contributed by atoms with Crippen molar-refractivity contribution >= 4 is 68.4 Å². The van der Waals surface area contributed by atoms with E-state index in [1.165, 1.54) is 33.5 Å². The smallest absolute Gasteiger partial charge is 0.276 e. The Morgan fingerprint density at radius 2 is 1.25 bits per heavy atom. The molecule has 0 saturated carbocycles. The molecular weight excluding hydrogens is 440 g/mol. The molecule has 1 rings (SSSR count). The lowest BCUT2D eigenvalue weighted by atomic mass is 10.3. The van der Waals surface area contributed by atoms with Crippen molar-refractivity contribution in [1.29, 1.82) is 0 Å². The molecule has 0 spiro atoms. The lowest BCUT2D eigenvalue weighted by molar-refractivity contribution is -0.127. The van der Waals surface area contributed by atoms with Crippen LogP contribution < -0.4 is 20.3 Å². The molecule has 154 valence electrons. The highest BCUT2D eigenvalue weighted by atomic mass is 32.2. The SMILES string of the molecule is CSC(=S)N(C)NC(=O)COc1ccccc1OCC(=O)NN(C)C(=S)SC. The highest BCUT2D eigenvalue weighted by Crippen LogP contribution is 2.26. The second-order valence-corrected chi connectivity index (χ2v) is 8.03. The second-order valence-electron chi connectivity index (χ2n) is 5.15. The Bertz CT molecular complexity index is 661. The normalized spacial score (nSPS) is 9.86. The number of nitrogens with zero attached hydrogens (tertiary/aromatic N) is 2. The number of para-hydroxylation sites is 2. The van der Waals surface area contributed by atoms with Gasteiger partial charge in [0, 0.05) is 14.1 Å². The van der Waals surface area contributed by atoms with Gasteiger partial charge in [0.05, 0.1) is 0 Å². The van der Waals surface area contributed by atoms with E-state index in [1.54, 1.807) is 38.4 Å². The van der Waals surface area contributed by atoms with Crippen LogP contribution in [0.3, 0.4) is 0 Å². The van der Waals surface area contributed by atoms with Gasteiger partial charge in [0.15, 0.2) is 33.4 Å². The van der Waals surface area contributed by atoms with Crippen molar-refractivity contribution in [2.75, 3.05) is 39.8 Å². The summed E-state index contributed by atoms with van der Waals surface area (Å²) in [6, 6.07) is 6.76. The first-order valence-electron chi connectivity index (χ1n) is 7.85. The molecule has 0 fully saturated rings. The summed E-state index contributed by atoms with van der Waals surface area (Å²) in [7, 11) is 3.29. The van der Waals surface area contributed by atoms with Crippen LogP contribution in [0.4, 0.5) is 0 Å². The van der Waals surface area contributed by atoms with Crippen molar-refractivity contribution in [2.45, 2.75) is 0 Å². The van der Waals surface area contributed by atoms with E-state index in [2.05, 4.69) is 10.9 Å². The summed E-state index contributed by atoms with van der Waals surface area (Å²) in [5.41, 5.74) is 5.18. The van der Waals surface area contributed by atoms with Gasteiger partial charge in [-0.2, -0.15) is 0 Å². The molecule has 12 heteroatoms. The minimum absolute atomic E-state index is 0.237. The Kier molecular flexibility index (Phi) is 11.0. The molecule has 0 bridgehead atoms. The molecule has 0 aliphatic carbocycles. The van der Waals surface area contributed by atoms with Crippen molar-refractivity contribution in [3.63, 3.8) is 0 Å². The number of thiocarbonyl (C=S) groups is 2. The minimum Gasteiger partial charge on any atom is -0.480 e. The first-order valence-corrected chi connectivity index (χ1v) is 11.1. The van der Waals surface area contributed by atoms with E-state index in [1.807, 2.05) is 12.5 Å². The van der Waals surface area contributed by atoms with Crippen LogP contribution in [0.5, 0.6) is 11.5 Å². The first kappa shape index (κ1) is 24.3. The predicted octanol–water partition coefficient (Wildman–Crippen LogP) is 1.67. The van der Waals surface area contributed by atoms with Gasteiger partial charge >= 0.3 is 0 Å². The van der Waals surface area contributed by atoms with Gasteiger partial charge in [-0.3, -0.25) is 30.5 Å². The van der Waals surface area contributed by atoms with E-state index >= 15 is 0 Å². The number of carbonyl (C=O) groups excluding carboxylic acids is 2. The number of hydrogen-bond acceptors (Lipinski definition) is 8. The molecule has 0 saturated heterocycles. The third kappa shape index (κ3) is 8.50. The van der Waals surface area contributed by atoms with Crippen molar-refractivity contribution in [2.24, 2.45) is 0 Å². The zero-order valence-electron chi connectivity index (χ0n) is 15.9. The molecule has 1 aromatic rings. The average molecular weight is 463 g/mol. The lowest BCUT2D eigenvalue weighted by Gasteiger charge is -2.20. The zero-order chi connectivity index (χ0) is 21.1. The molecule has 8 nitrogen and oxygen atoms in total. The zero-order valence-corrected chi connectivity index (χ0v) is 19.2. The maximum absolute atomic E-state index is 12.0. The number of rotatable bonds is 6. The Balaban J connectivity index is 2.56. The molecule has 0 aliphatic rings. The van der Waals surface area contributed by atoms with Gasteiger partial charge in [-0.15, -0.1) is 0 Å². The topological polar surface area (TPSA) is 83.1 Å². The average Bonchev–Trinajstić information content (AvgIpc) is 2.69. The van der Waals surface area contributed by atoms with E-state index in [-0.39, 0.29) is 25.0 Å². The summed E-state index contributed by atoms with van der Waals surface area (Å²) in [6.45, 7) is -0.475. The summed E-state index contributed by atoms with van der Waals surface area (Å²) < 4.78 is 12.0. The number of nitrogens with one attached hydrogen (secondary N) is 2. The van der Waals surface area contributed by atoms with Crippen LogP contribution in [0.2, 0.25) is 0 Å². The van der Waals surface area contributed by atoms with Crippen LogP contribution in [0.15, 0.2) is 24.3 Å². The molecular formula is C16H22N4O4S4. The number of benzene rings is 1. The summed E-state index contributed by atoms with van der Waals surface area (Å²) in [4.78, 5) is 23.9. The molecule has 0 heterocycles. The fourth-order valence-electron chi connectivity index (χ4n) is 1.78. The minimum atomic E-state index is -0.376. The summed E-state index contributed by atoms with van der Waals surface area (Å²) in [6.07, 6.45) is 3.63. The Morgan fingerprint density at radius 1 is 0.893 bits per heavy atom. The molecule has 1 aromatic carbocycles.